The van der Waals surface area contributed by atoms with Gasteiger partial charge < -0.3 is 35.2 Å². The minimum atomic E-state index is -1.52. The van der Waals surface area contributed by atoms with E-state index in [0.29, 0.717) is 17.0 Å². The van der Waals surface area contributed by atoms with Gasteiger partial charge in [0.1, 0.15) is 30.2 Å². The van der Waals surface area contributed by atoms with Gasteiger partial charge in [-0.15, -0.1) is 0 Å². The molecular formula is C25H26N2O7. The van der Waals surface area contributed by atoms with Crippen LogP contribution in [-0.4, -0.2) is 68.6 Å². The van der Waals surface area contributed by atoms with Crippen LogP contribution in [0.25, 0.3) is 11.1 Å². The summed E-state index contributed by atoms with van der Waals surface area (Å²) < 4.78 is 11.2. The molecule has 34 heavy (non-hydrogen) atoms. The Balaban J connectivity index is 1.50. The molecule has 2 heterocycles. The van der Waals surface area contributed by atoms with Gasteiger partial charge in [0.2, 0.25) is 6.29 Å². The first-order valence-corrected chi connectivity index (χ1v) is 10.8. The summed E-state index contributed by atoms with van der Waals surface area (Å²) in [7, 11) is 0. The van der Waals surface area contributed by atoms with Crippen molar-refractivity contribution in [3.05, 3.63) is 78.1 Å². The molecule has 0 unspecified atom stereocenters. The first kappa shape index (κ1) is 23.8. The molecule has 9 heteroatoms. The van der Waals surface area contributed by atoms with Crippen molar-refractivity contribution in [2.75, 3.05) is 11.9 Å². The fourth-order valence-electron chi connectivity index (χ4n) is 3.73. The van der Waals surface area contributed by atoms with Crippen LogP contribution in [-0.2, 0) is 4.74 Å². The normalized spacial score (nSPS) is 24.4. The molecule has 1 saturated heterocycles. The molecular weight excluding hydrogens is 440 g/mol. The Morgan fingerprint density at radius 1 is 1.00 bits per heavy atom. The fourth-order valence-corrected chi connectivity index (χ4v) is 3.73. The molecule has 0 saturated carbocycles. The van der Waals surface area contributed by atoms with Gasteiger partial charge in [-0.05, 0) is 60.0 Å². The summed E-state index contributed by atoms with van der Waals surface area (Å²) in [5.74, 6) is 0.159. The molecule has 0 bridgehead atoms. The Morgan fingerprint density at radius 3 is 2.44 bits per heavy atom. The SMILES string of the molecule is Cc1cc(-c2cccc(C(=O)Nc3ccncc3)c2)ccc1O[C@H]1O[C@H](CO)[C@@H](O)[C@H](O)[C@@H]1O. The van der Waals surface area contributed by atoms with E-state index in [0.717, 1.165) is 16.7 Å². The standard InChI is InChI=1S/C25H26N2O7/c1-14-11-16(5-6-19(14)33-25-23(31)22(30)21(29)20(13-28)34-25)15-3-2-4-17(12-15)24(32)27-18-7-9-26-10-8-18/h2-12,20-23,25,28-31H,13H2,1H3,(H,26,27,32)/t20-,21-,22+,23+,25+/m1/s1. The maximum atomic E-state index is 12.6. The lowest BCUT2D eigenvalue weighted by atomic mass is 9.99. The van der Waals surface area contributed by atoms with Crippen molar-refractivity contribution < 1.29 is 34.7 Å². The third kappa shape index (κ3) is 5.09. The highest BCUT2D eigenvalue weighted by Gasteiger charge is 2.44. The molecule has 1 aromatic heterocycles. The number of rotatable bonds is 6. The molecule has 0 radical (unpaired) electrons. The number of aromatic nitrogens is 1. The van der Waals surface area contributed by atoms with Crippen LogP contribution < -0.4 is 10.1 Å². The van der Waals surface area contributed by atoms with E-state index < -0.39 is 37.3 Å². The fraction of sp³-hybridized carbons (Fsp3) is 0.280. The van der Waals surface area contributed by atoms with Gasteiger partial charge in [0, 0.05) is 23.6 Å². The van der Waals surface area contributed by atoms with Crippen LogP contribution in [0.1, 0.15) is 15.9 Å². The Morgan fingerprint density at radius 2 is 1.74 bits per heavy atom. The van der Waals surface area contributed by atoms with E-state index in [1.165, 1.54) is 0 Å². The second kappa shape index (κ2) is 10.3. The maximum absolute atomic E-state index is 12.6. The van der Waals surface area contributed by atoms with Gasteiger partial charge in [0.15, 0.2) is 0 Å². The molecule has 1 amide bonds. The van der Waals surface area contributed by atoms with E-state index in [2.05, 4.69) is 10.3 Å². The summed E-state index contributed by atoms with van der Waals surface area (Å²) in [6, 6.07) is 16.0. The Kier molecular flexibility index (Phi) is 7.20. The Hall–Kier alpha value is -3.34. The van der Waals surface area contributed by atoms with Crippen LogP contribution in [0.4, 0.5) is 5.69 Å². The maximum Gasteiger partial charge on any atom is 0.255 e. The van der Waals surface area contributed by atoms with Crippen LogP contribution in [0, 0.1) is 6.92 Å². The van der Waals surface area contributed by atoms with E-state index in [4.69, 9.17) is 9.47 Å². The van der Waals surface area contributed by atoms with Crippen molar-refractivity contribution >= 4 is 11.6 Å². The lowest BCUT2D eigenvalue weighted by molar-refractivity contribution is -0.277. The van der Waals surface area contributed by atoms with E-state index in [9.17, 15) is 25.2 Å². The summed E-state index contributed by atoms with van der Waals surface area (Å²) in [5, 5.41) is 42.3. The van der Waals surface area contributed by atoms with Crippen molar-refractivity contribution in [2.45, 2.75) is 37.6 Å². The third-order valence-electron chi connectivity index (χ3n) is 5.66. The number of amides is 1. The lowest BCUT2D eigenvalue weighted by Crippen LogP contribution is -2.60. The molecule has 0 spiro atoms. The van der Waals surface area contributed by atoms with Gasteiger partial charge in [-0.3, -0.25) is 9.78 Å². The van der Waals surface area contributed by atoms with Gasteiger partial charge in [0.05, 0.1) is 6.61 Å². The topological polar surface area (TPSA) is 141 Å². The molecule has 178 valence electrons. The van der Waals surface area contributed by atoms with E-state index in [1.807, 2.05) is 19.1 Å². The summed E-state index contributed by atoms with van der Waals surface area (Å²) in [6.07, 6.45) is -3.58. The predicted molar refractivity (Wildman–Crippen MR) is 123 cm³/mol. The Bertz CT molecular complexity index is 1140. The average Bonchev–Trinajstić information content (AvgIpc) is 2.86. The first-order chi connectivity index (χ1) is 16.4. The second-order valence-corrected chi connectivity index (χ2v) is 8.07. The molecule has 4 rings (SSSR count). The number of hydrogen-bond donors (Lipinski definition) is 5. The Labute approximate surface area is 196 Å². The molecule has 1 aliphatic rings. The minimum absolute atomic E-state index is 0.243. The zero-order chi connectivity index (χ0) is 24.2. The van der Waals surface area contributed by atoms with Crippen LogP contribution in [0.3, 0.4) is 0 Å². The van der Waals surface area contributed by atoms with Gasteiger partial charge in [0.25, 0.3) is 5.91 Å². The quantitative estimate of drug-likeness (QED) is 0.368. The highest BCUT2D eigenvalue weighted by atomic mass is 16.7. The van der Waals surface area contributed by atoms with E-state index in [1.54, 1.807) is 54.9 Å². The molecule has 3 aromatic rings. The number of benzene rings is 2. The van der Waals surface area contributed by atoms with Gasteiger partial charge in [-0.25, -0.2) is 0 Å². The predicted octanol–water partition coefficient (Wildman–Crippen LogP) is 1.49. The van der Waals surface area contributed by atoms with Gasteiger partial charge >= 0.3 is 0 Å². The van der Waals surface area contributed by atoms with Crippen molar-refractivity contribution in [2.24, 2.45) is 0 Å². The van der Waals surface area contributed by atoms with Crippen molar-refractivity contribution in [1.29, 1.82) is 0 Å². The number of aryl methyl sites for hydroxylation is 1. The first-order valence-electron chi connectivity index (χ1n) is 10.8. The number of pyridine rings is 1. The highest BCUT2D eigenvalue weighted by molar-refractivity contribution is 6.04. The molecule has 2 aromatic carbocycles. The number of ether oxygens (including phenoxy) is 2. The van der Waals surface area contributed by atoms with Crippen molar-refractivity contribution in [3.8, 4) is 16.9 Å². The number of nitrogens with one attached hydrogen (secondary N) is 1. The molecule has 5 N–H and O–H groups in total. The second-order valence-electron chi connectivity index (χ2n) is 8.07. The van der Waals surface area contributed by atoms with Crippen molar-refractivity contribution in [3.63, 3.8) is 0 Å². The monoisotopic (exact) mass is 466 g/mol. The molecule has 9 nitrogen and oxygen atoms in total. The third-order valence-corrected chi connectivity index (χ3v) is 5.66. The summed E-state index contributed by atoms with van der Waals surface area (Å²) in [4.78, 5) is 16.6. The molecule has 5 atom stereocenters. The molecule has 0 aliphatic carbocycles. The zero-order valence-corrected chi connectivity index (χ0v) is 18.4. The molecule has 1 fully saturated rings. The van der Waals surface area contributed by atoms with Crippen LogP contribution in [0.2, 0.25) is 0 Å². The number of carbonyl (C=O) groups excluding carboxylic acids is 1. The smallest absolute Gasteiger partial charge is 0.255 e. The van der Waals surface area contributed by atoms with E-state index in [-0.39, 0.29) is 5.91 Å². The van der Waals surface area contributed by atoms with Gasteiger partial charge in [-0.1, -0.05) is 18.2 Å². The minimum Gasteiger partial charge on any atom is -0.462 e. The lowest BCUT2D eigenvalue weighted by Gasteiger charge is -2.39. The number of aliphatic hydroxyl groups excluding tert-OH is 4. The van der Waals surface area contributed by atoms with Crippen LogP contribution in [0.5, 0.6) is 5.75 Å². The largest absolute Gasteiger partial charge is 0.462 e. The number of aliphatic hydroxyl groups is 4. The summed E-state index contributed by atoms with van der Waals surface area (Å²) in [6.45, 7) is 1.27. The average molecular weight is 466 g/mol. The van der Waals surface area contributed by atoms with Crippen LogP contribution >= 0.6 is 0 Å². The molecule has 1 aliphatic heterocycles. The van der Waals surface area contributed by atoms with Gasteiger partial charge in [-0.2, -0.15) is 0 Å². The number of hydrogen-bond acceptors (Lipinski definition) is 8. The summed E-state index contributed by atoms with van der Waals surface area (Å²) in [5.41, 5.74) is 3.53. The number of nitrogens with zero attached hydrogens (tertiary/aromatic N) is 1. The van der Waals surface area contributed by atoms with Crippen molar-refractivity contribution in [1.82, 2.24) is 4.98 Å². The van der Waals surface area contributed by atoms with E-state index >= 15 is 0 Å². The zero-order valence-electron chi connectivity index (χ0n) is 18.4. The summed E-state index contributed by atoms with van der Waals surface area (Å²) >= 11 is 0. The highest BCUT2D eigenvalue weighted by Crippen LogP contribution is 2.30. The number of anilines is 1. The number of carbonyl (C=O) groups is 1. The van der Waals surface area contributed by atoms with Crippen LogP contribution in [0.15, 0.2) is 67.0 Å².